The summed E-state index contributed by atoms with van der Waals surface area (Å²) in [6.07, 6.45) is 7.37. The number of furan rings is 1. The number of esters is 1. The summed E-state index contributed by atoms with van der Waals surface area (Å²) in [5.41, 5.74) is 3.50. The van der Waals surface area contributed by atoms with E-state index < -0.39 is 0 Å². The summed E-state index contributed by atoms with van der Waals surface area (Å²) in [5.74, 6) is 0.973. The van der Waals surface area contributed by atoms with Crippen molar-refractivity contribution in [1.29, 1.82) is 0 Å². The highest BCUT2D eigenvalue weighted by Gasteiger charge is 2.37. The molecule has 1 aromatic heterocycles. The lowest BCUT2D eigenvalue weighted by atomic mass is 9.91. The van der Waals surface area contributed by atoms with Gasteiger partial charge in [0.05, 0.1) is 12.2 Å². The van der Waals surface area contributed by atoms with Crippen molar-refractivity contribution in [2.45, 2.75) is 45.6 Å². The molecule has 2 heterocycles. The van der Waals surface area contributed by atoms with Crippen LogP contribution in [0.1, 0.15) is 49.2 Å². The highest BCUT2D eigenvalue weighted by Crippen LogP contribution is 2.40. The normalized spacial score (nSPS) is 30.3. The Bertz CT molecular complexity index is 510. The molecule has 0 spiro atoms. The molecule has 0 amide bonds. The van der Waals surface area contributed by atoms with Gasteiger partial charge >= 0.3 is 5.97 Å². The monoisotopic (exact) mass is 246 g/mol. The van der Waals surface area contributed by atoms with E-state index in [-0.39, 0.29) is 18.0 Å². The predicted molar refractivity (Wildman–Crippen MR) is 67.1 cm³/mol. The maximum absolute atomic E-state index is 11.8. The molecule has 0 radical (unpaired) electrons. The van der Waals surface area contributed by atoms with Crippen LogP contribution in [0, 0.1) is 12.8 Å². The third-order valence-corrected chi connectivity index (χ3v) is 3.96. The second-order valence-electron chi connectivity index (χ2n) is 5.42. The first-order valence-electron chi connectivity index (χ1n) is 6.58. The van der Waals surface area contributed by atoms with Gasteiger partial charge in [-0.25, -0.2) is 0 Å². The third-order valence-electron chi connectivity index (χ3n) is 3.96. The quantitative estimate of drug-likeness (QED) is 0.519. The number of hydrogen-bond donors (Lipinski definition) is 0. The molecule has 0 aromatic carbocycles. The molecule has 1 aromatic rings. The first kappa shape index (κ1) is 11.6. The van der Waals surface area contributed by atoms with Crippen LogP contribution >= 0.6 is 0 Å². The number of carbonyl (C=O) groups excluding carboxylic acids is 1. The second-order valence-corrected chi connectivity index (χ2v) is 5.42. The van der Waals surface area contributed by atoms with Crippen molar-refractivity contribution < 1.29 is 13.9 Å². The number of carbonyl (C=O) groups is 1. The van der Waals surface area contributed by atoms with Gasteiger partial charge in [-0.3, -0.25) is 4.79 Å². The molecule has 3 nitrogen and oxygen atoms in total. The van der Waals surface area contributed by atoms with Crippen LogP contribution in [-0.4, -0.2) is 5.97 Å². The van der Waals surface area contributed by atoms with Crippen molar-refractivity contribution >= 4 is 5.97 Å². The minimum absolute atomic E-state index is 0.0421. The molecule has 1 fully saturated rings. The van der Waals surface area contributed by atoms with Crippen LogP contribution in [0.3, 0.4) is 0 Å². The average molecular weight is 246 g/mol. The number of ether oxygens (including phenoxy) is 1. The Morgan fingerprint density at radius 1 is 1.33 bits per heavy atom. The number of allylic oxidation sites excluding steroid dienone is 2. The van der Waals surface area contributed by atoms with Crippen molar-refractivity contribution in [2.75, 3.05) is 0 Å². The second kappa shape index (κ2) is 4.30. The van der Waals surface area contributed by atoms with Gasteiger partial charge in [-0.05, 0) is 32.3 Å². The average Bonchev–Trinajstić information content (AvgIpc) is 2.83. The van der Waals surface area contributed by atoms with E-state index in [1.54, 1.807) is 6.26 Å². The van der Waals surface area contributed by atoms with Crippen molar-refractivity contribution in [2.24, 2.45) is 5.92 Å². The van der Waals surface area contributed by atoms with Gasteiger partial charge in [0.15, 0.2) is 0 Å². The standard InChI is InChI=1S/C15H18O3/c1-9-4-3-5-11-7-13(18-15(11)16)14-10(2)8-17-12(14)6-9/h4,8,11,13H,3,5-7H2,1-2H3/b9-4-. The van der Waals surface area contributed by atoms with E-state index in [1.807, 2.05) is 6.92 Å². The summed E-state index contributed by atoms with van der Waals surface area (Å²) in [6, 6.07) is 0. The van der Waals surface area contributed by atoms with E-state index in [0.29, 0.717) is 0 Å². The van der Waals surface area contributed by atoms with Gasteiger partial charge < -0.3 is 9.15 Å². The van der Waals surface area contributed by atoms with Crippen LogP contribution in [0.15, 0.2) is 22.3 Å². The van der Waals surface area contributed by atoms with Crippen LogP contribution in [0.5, 0.6) is 0 Å². The first-order chi connectivity index (χ1) is 8.65. The lowest BCUT2D eigenvalue weighted by molar-refractivity contribution is -0.144. The van der Waals surface area contributed by atoms with Gasteiger partial charge in [0.25, 0.3) is 0 Å². The van der Waals surface area contributed by atoms with Gasteiger partial charge in [0.2, 0.25) is 0 Å². The summed E-state index contributed by atoms with van der Waals surface area (Å²) in [6.45, 7) is 4.14. The lowest BCUT2D eigenvalue weighted by Crippen LogP contribution is -2.06. The molecule has 0 saturated carbocycles. The van der Waals surface area contributed by atoms with Gasteiger partial charge in [-0.1, -0.05) is 11.6 Å². The van der Waals surface area contributed by atoms with Gasteiger partial charge in [-0.2, -0.15) is 0 Å². The SMILES string of the molecule is C/C1=C/CCC2CC(OC2=O)c2c(C)coc2C1. The Labute approximate surface area is 107 Å². The Kier molecular flexibility index (Phi) is 2.77. The van der Waals surface area contributed by atoms with Crippen LogP contribution in [0.25, 0.3) is 0 Å². The van der Waals surface area contributed by atoms with E-state index >= 15 is 0 Å². The number of hydrogen-bond acceptors (Lipinski definition) is 3. The zero-order valence-electron chi connectivity index (χ0n) is 10.9. The number of rotatable bonds is 0. The molecule has 0 N–H and O–H groups in total. The van der Waals surface area contributed by atoms with E-state index in [0.717, 1.165) is 42.6 Å². The smallest absolute Gasteiger partial charge is 0.309 e. The lowest BCUT2D eigenvalue weighted by Gasteiger charge is -2.12. The summed E-state index contributed by atoms with van der Waals surface area (Å²) in [4.78, 5) is 11.8. The first-order valence-corrected chi connectivity index (χ1v) is 6.58. The molecule has 2 bridgehead atoms. The molecule has 3 rings (SSSR count). The van der Waals surface area contributed by atoms with E-state index in [2.05, 4.69) is 13.0 Å². The van der Waals surface area contributed by atoms with Gasteiger partial charge in [-0.15, -0.1) is 0 Å². The summed E-state index contributed by atoms with van der Waals surface area (Å²) in [7, 11) is 0. The predicted octanol–water partition coefficient (Wildman–Crippen LogP) is 3.47. The Morgan fingerprint density at radius 2 is 2.17 bits per heavy atom. The molecule has 1 saturated heterocycles. The van der Waals surface area contributed by atoms with Crippen LogP contribution in [0.2, 0.25) is 0 Å². The molecular formula is C15H18O3. The van der Waals surface area contributed by atoms with E-state index in [9.17, 15) is 4.79 Å². The van der Waals surface area contributed by atoms with E-state index in [1.165, 1.54) is 5.57 Å². The largest absolute Gasteiger partial charge is 0.468 e. The van der Waals surface area contributed by atoms with Crippen LogP contribution in [-0.2, 0) is 16.0 Å². The Balaban J connectivity index is 2.04. The fourth-order valence-corrected chi connectivity index (χ4v) is 2.98. The van der Waals surface area contributed by atoms with Crippen molar-refractivity contribution in [3.63, 3.8) is 0 Å². The summed E-state index contributed by atoms with van der Waals surface area (Å²) < 4.78 is 11.2. The molecule has 2 atom stereocenters. The van der Waals surface area contributed by atoms with Crippen molar-refractivity contribution in [1.82, 2.24) is 0 Å². The maximum Gasteiger partial charge on any atom is 0.309 e. The number of fused-ring (bicyclic) bond motifs is 4. The highest BCUT2D eigenvalue weighted by molar-refractivity contribution is 5.75. The zero-order valence-corrected chi connectivity index (χ0v) is 10.9. The van der Waals surface area contributed by atoms with E-state index in [4.69, 9.17) is 9.15 Å². The van der Waals surface area contributed by atoms with Gasteiger partial charge in [0.1, 0.15) is 11.9 Å². The zero-order chi connectivity index (χ0) is 12.7. The summed E-state index contributed by atoms with van der Waals surface area (Å²) in [5, 5.41) is 0. The molecule has 1 aliphatic heterocycles. The minimum atomic E-state index is -0.0952. The molecular weight excluding hydrogens is 228 g/mol. The molecule has 1 aliphatic carbocycles. The molecule has 2 aliphatic rings. The third kappa shape index (κ3) is 1.88. The van der Waals surface area contributed by atoms with Crippen LogP contribution < -0.4 is 0 Å². The maximum atomic E-state index is 11.8. The highest BCUT2D eigenvalue weighted by atomic mass is 16.6. The Hall–Kier alpha value is -1.51. The topological polar surface area (TPSA) is 39.4 Å². The number of aryl methyl sites for hydroxylation is 1. The molecule has 2 unspecified atom stereocenters. The molecule has 3 heteroatoms. The molecule has 18 heavy (non-hydrogen) atoms. The fraction of sp³-hybridized carbons (Fsp3) is 0.533. The van der Waals surface area contributed by atoms with Crippen molar-refractivity contribution in [3.8, 4) is 0 Å². The minimum Gasteiger partial charge on any atom is -0.468 e. The van der Waals surface area contributed by atoms with Gasteiger partial charge in [0, 0.05) is 18.4 Å². The van der Waals surface area contributed by atoms with Crippen molar-refractivity contribution in [3.05, 3.63) is 34.8 Å². The Morgan fingerprint density at radius 3 is 3.00 bits per heavy atom. The summed E-state index contributed by atoms with van der Waals surface area (Å²) >= 11 is 0. The fourth-order valence-electron chi connectivity index (χ4n) is 2.98. The van der Waals surface area contributed by atoms with Crippen LogP contribution in [0.4, 0.5) is 0 Å². The molecule has 96 valence electrons.